The first-order chi connectivity index (χ1) is 9.15. The van der Waals surface area contributed by atoms with Crippen molar-refractivity contribution < 1.29 is 4.39 Å². The van der Waals surface area contributed by atoms with Crippen LogP contribution in [0.1, 0.15) is 34.7 Å². The van der Waals surface area contributed by atoms with Gasteiger partial charge < -0.3 is 0 Å². The van der Waals surface area contributed by atoms with E-state index in [0.29, 0.717) is 10.6 Å². The summed E-state index contributed by atoms with van der Waals surface area (Å²) >= 11 is 5.97. The predicted molar refractivity (Wildman–Crippen MR) is 72.9 cm³/mol. The number of fused-ring (bicyclic) bond motifs is 1. The molecule has 98 valence electrons. The molecule has 1 atom stereocenters. The summed E-state index contributed by atoms with van der Waals surface area (Å²) in [7, 11) is 0. The van der Waals surface area contributed by atoms with Crippen molar-refractivity contribution >= 4 is 11.6 Å². The van der Waals surface area contributed by atoms with Gasteiger partial charge in [-0.05, 0) is 67.0 Å². The molecule has 1 aliphatic rings. The number of rotatable bonds is 1. The first kappa shape index (κ1) is 12.5. The van der Waals surface area contributed by atoms with E-state index < -0.39 is 0 Å². The molecule has 0 aliphatic heterocycles. The summed E-state index contributed by atoms with van der Waals surface area (Å²) in [6.07, 6.45) is 4.38. The normalized spacial score (nSPS) is 18.2. The second-order valence-electron chi connectivity index (χ2n) is 5.06. The highest BCUT2D eigenvalue weighted by atomic mass is 35.5. The summed E-state index contributed by atoms with van der Waals surface area (Å²) in [5.41, 5.74) is 4.14. The molecule has 0 spiro atoms. The van der Waals surface area contributed by atoms with Crippen molar-refractivity contribution in [1.82, 2.24) is 10.2 Å². The Labute approximate surface area is 116 Å². The van der Waals surface area contributed by atoms with E-state index in [0.717, 1.165) is 25.0 Å². The van der Waals surface area contributed by atoms with Crippen LogP contribution in [0, 0.1) is 12.7 Å². The molecule has 2 nitrogen and oxygen atoms in total. The molecule has 0 bridgehead atoms. The molecule has 1 aromatic carbocycles. The Morgan fingerprint density at radius 2 is 2.21 bits per heavy atom. The van der Waals surface area contributed by atoms with Crippen LogP contribution < -0.4 is 0 Å². The first-order valence-electron chi connectivity index (χ1n) is 6.40. The van der Waals surface area contributed by atoms with Crippen molar-refractivity contribution in [2.24, 2.45) is 0 Å². The maximum Gasteiger partial charge on any atom is 0.126 e. The Bertz CT molecular complexity index is 628. The number of aromatic nitrogens is 2. The van der Waals surface area contributed by atoms with Crippen LogP contribution in [0.25, 0.3) is 0 Å². The van der Waals surface area contributed by atoms with E-state index in [1.807, 2.05) is 6.92 Å². The largest absolute Gasteiger partial charge is 0.207 e. The fourth-order valence-electron chi connectivity index (χ4n) is 2.80. The van der Waals surface area contributed by atoms with E-state index in [2.05, 4.69) is 10.2 Å². The van der Waals surface area contributed by atoms with Crippen LogP contribution in [0.5, 0.6) is 0 Å². The predicted octanol–water partition coefficient (Wildman–Crippen LogP) is 3.85. The Morgan fingerprint density at radius 1 is 1.37 bits per heavy atom. The van der Waals surface area contributed by atoms with Crippen LogP contribution in [-0.4, -0.2) is 10.2 Å². The molecule has 1 unspecified atom stereocenters. The third-order valence-corrected chi connectivity index (χ3v) is 4.07. The summed E-state index contributed by atoms with van der Waals surface area (Å²) in [6, 6.07) is 4.76. The lowest BCUT2D eigenvalue weighted by molar-refractivity contribution is 0.522. The first-order valence-corrected chi connectivity index (χ1v) is 6.78. The molecular weight excluding hydrogens is 263 g/mol. The monoisotopic (exact) mass is 276 g/mol. The molecule has 1 aromatic heterocycles. The minimum atomic E-state index is -0.182. The summed E-state index contributed by atoms with van der Waals surface area (Å²) in [4.78, 5) is 0. The third kappa shape index (κ3) is 2.35. The van der Waals surface area contributed by atoms with E-state index in [1.165, 1.54) is 17.2 Å². The Kier molecular flexibility index (Phi) is 3.23. The van der Waals surface area contributed by atoms with Gasteiger partial charge in [0.2, 0.25) is 0 Å². The van der Waals surface area contributed by atoms with E-state index in [-0.39, 0.29) is 11.7 Å². The molecular formula is C15H14ClFN2. The average Bonchev–Trinajstić information content (AvgIpc) is 2.41. The molecule has 0 radical (unpaired) electrons. The van der Waals surface area contributed by atoms with Crippen molar-refractivity contribution in [2.45, 2.75) is 32.1 Å². The molecule has 19 heavy (non-hydrogen) atoms. The van der Waals surface area contributed by atoms with Gasteiger partial charge in [0, 0.05) is 5.02 Å². The minimum absolute atomic E-state index is 0.141. The number of aryl methyl sites for hydroxylation is 1. The van der Waals surface area contributed by atoms with Gasteiger partial charge in [0.15, 0.2) is 0 Å². The zero-order valence-corrected chi connectivity index (χ0v) is 11.4. The molecule has 2 aromatic rings. The van der Waals surface area contributed by atoms with Gasteiger partial charge in [-0.2, -0.15) is 10.2 Å². The molecule has 4 heteroatoms. The zero-order valence-electron chi connectivity index (χ0n) is 10.7. The number of halogens is 2. The van der Waals surface area contributed by atoms with Crippen LogP contribution in [0.2, 0.25) is 5.02 Å². The van der Waals surface area contributed by atoms with Gasteiger partial charge in [-0.25, -0.2) is 4.39 Å². The molecule has 0 saturated carbocycles. The van der Waals surface area contributed by atoms with Crippen molar-refractivity contribution in [2.75, 3.05) is 0 Å². The molecule has 1 aliphatic carbocycles. The van der Waals surface area contributed by atoms with Gasteiger partial charge >= 0.3 is 0 Å². The van der Waals surface area contributed by atoms with Crippen LogP contribution in [-0.2, 0) is 12.8 Å². The van der Waals surface area contributed by atoms with Crippen LogP contribution in [0.15, 0.2) is 24.4 Å². The number of hydrogen-bond donors (Lipinski definition) is 0. The SMILES string of the molecule is Cc1cnnc2c1CCC(c1cc(Cl)ccc1F)C2. The van der Waals surface area contributed by atoms with Crippen molar-refractivity contribution in [3.05, 3.63) is 57.6 Å². The van der Waals surface area contributed by atoms with Crippen molar-refractivity contribution in [1.29, 1.82) is 0 Å². The van der Waals surface area contributed by atoms with Gasteiger partial charge in [-0.15, -0.1) is 0 Å². The second-order valence-corrected chi connectivity index (χ2v) is 5.49. The van der Waals surface area contributed by atoms with Crippen LogP contribution in [0.4, 0.5) is 4.39 Å². The molecule has 0 fully saturated rings. The van der Waals surface area contributed by atoms with Crippen LogP contribution in [0.3, 0.4) is 0 Å². The number of benzene rings is 1. The maximum atomic E-state index is 13.9. The quantitative estimate of drug-likeness (QED) is 0.791. The summed E-state index contributed by atoms with van der Waals surface area (Å²) in [5.74, 6) is -0.0410. The standard InChI is InChI=1S/C15H14ClFN2/c1-9-8-18-19-15-6-10(2-4-12(9)15)13-7-11(16)3-5-14(13)17/h3,5,7-8,10H,2,4,6H2,1H3. The smallest absolute Gasteiger partial charge is 0.126 e. The lowest BCUT2D eigenvalue weighted by atomic mass is 9.81. The van der Waals surface area contributed by atoms with Gasteiger partial charge in [0.1, 0.15) is 5.82 Å². The topological polar surface area (TPSA) is 25.8 Å². The highest BCUT2D eigenvalue weighted by Crippen LogP contribution is 2.34. The van der Waals surface area contributed by atoms with Gasteiger partial charge in [-0.1, -0.05) is 11.6 Å². The highest BCUT2D eigenvalue weighted by Gasteiger charge is 2.24. The number of hydrogen-bond acceptors (Lipinski definition) is 2. The summed E-state index contributed by atoms with van der Waals surface area (Å²) < 4.78 is 13.9. The molecule has 3 rings (SSSR count). The van der Waals surface area contributed by atoms with Gasteiger partial charge in [0.25, 0.3) is 0 Å². The lowest BCUT2D eigenvalue weighted by Crippen LogP contribution is -2.17. The lowest BCUT2D eigenvalue weighted by Gasteiger charge is -2.25. The number of nitrogens with zero attached hydrogens (tertiary/aromatic N) is 2. The van der Waals surface area contributed by atoms with E-state index in [1.54, 1.807) is 18.3 Å². The molecule has 0 amide bonds. The van der Waals surface area contributed by atoms with E-state index in [9.17, 15) is 4.39 Å². The molecule has 0 saturated heterocycles. The fraction of sp³-hybridized carbons (Fsp3) is 0.333. The molecule has 0 N–H and O–H groups in total. The van der Waals surface area contributed by atoms with Crippen LogP contribution >= 0.6 is 11.6 Å². The van der Waals surface area contributed by atoms with E-state index >= 15 is 0 Å². The average molecular weight is 277 g/mol. The summed E-state index contributed by atoms with van der Waals surface area (Å²) in [6.45, 7) is 2.05. The summed E-state index contributed by atoms with van der Waals surface area (Å²) in [5, 5.41) is 8.78. The second kappa shape index (κ2) is 4.89. The van der Waals surface area contributed by atoms with Crippen molar-refractivity contribution in [3.8, 4) is 0 Å². The Balaban J connectivity index is 1.96. The molecule has 1 heterocycles. The minimum Gasteiger partial charge on any atom is -0.207 e. The van der Waals surface area contributed by atoms with E-state index in [4.69, 9.17) is 11.6 Å². The highest BCUT2D eigenvalue weighted by molar-refractivity contribution is 6.30. The third-order valence-electron chi connectivity index (χ3n) is 3.83. The Hall–Kier alpha value is -1.48. The Morgan fingerprint density at radius 3 is 3.05 bits per heavy atom. The van der Waals surface area contributed by atoms with Crippen molar-refractivity contribution in [3.63, 3.8) is 0 Å². The fourth-order valence-corrected chi connectivity index (χ4v) is 2.98. The zero-order chi connectivity index (χ0) is 13.4. The van der Waals surface area contributed by atoms with Gasteiger partial charge in [-0.3, -0.25) is 0 Å². The van der Waals surface area contributed by atoms with Gasteiger partial charge in [0.05, 0.1) is 11.9 Å². The maximum absolute atomic E-state index is 13.9.